The van der Waals surface area contributed by atoms with Gasteiger partial charge in [-0.2, -0.15) is 4.39 Å². The van der Waals surface area contributed by atoms with E-state index in [2.05, 4.69) is 4.98 Å². The first kappa shape index (κ1) is 12.1. The lowest BCUT2D eigenvalue weighted by Gasteiger charge is -2.10. The molecule has 2 rings (SSSR count). The first-order valence-electron chi connectivity index (χ1n) is 5.11. The number of halogens is 1. The van der Waals surface area contributed by atoms with Gasteiger partial charge in [0.1, 0.15) is 6.10 Å². The van der Waals surface area contributed by atoms with E-state index in [9.17, 15) is 19.6 Å². The lowest BCUT2D eigenvalue weighted by atomic mass is 10.0. The summed E-state index contributed by atoms with van der Waals surface area (Å²) >= 11 is 0. The van der Waals surface area contributed by atoms with Crippen LogP contribution in [-0.4, -0.2) is 15.0 Å². The fourth-order valence-electron chi connectivity index (χ4n) is 1.57. The molecule has 1 atom stereocenters. The van der Waals surface area contributed by atoms with Gasteiger partial charge in [-0.25, -0.2) is 0 Å². The summed E-state index contributed by atoms with van der Waals surface area (Å²) in [4.78, 5) is 13.6. The van der Waals surface area contributed by atoms with Crippen molar-refractivity contribution in [2.75, 3.05) is 0 Å². The predicted molar refractivity (Wildman–Crippen MR) is 61.4 cm³/mol. The molecular formula is C12H9FN2O3. The highest BCUT2D eigenvalue weighted by Gasteiger charge is 2.18. The van der Waals surface area contributed by atoms with Crippen LogP contribution < -0.4 is 0 Å². The van der Waals surface area contributed by atoms with E-state index in [-0.39, 0.29) is 5.56 Å². The van der Waals surface area contributed by atoms with Crippen LogP contribution in [0.25, 0.3) is 0 Å². The van der Waals surface area contributed by atoms with Crippen LogP contribution >= 0.6 is 0 Å². The molecule has 0 radical (unpaired) electrons. The third kappa shape index (κ3) is 2.33. The van der Waals surface area contributed by atoms with E-state index in [1.54, 1.807) is 18.3 Å². The summed E-state index contributed by atoms with van der Waals surface area (Å²) in [7, 11) is 0. The van der Waals surface area contributed by atoms with Gasteiger partial charge in [-0.1, -0.05) is 12.1 Å². The molecule has 0 spiro atoms. The van der Waals surface area contributed by atoms with Crippen molar-refractivity contribution in [2.24, 2.45) is 0 Å². The van der Waals surface area contributed by atoms with Crippen LogP contribution in [-0.2, 0) is 0 Å². The van der Waals surface area contributed by atoms with Crippen LogP contribution in [0.15, 0.2) is 42.7 Å². The van der Waals surface area contributed by atoms with Crippen molar-refractivity contribution in [3.05, 3.63) is 69.8 Å². The van der Waals surface area contributed by atoms with E-state index in [1.807, 2.05) is 0 Å². The molecule has 1 aromatic carbocycles. The van der Waals surface area contributed by atoms with Gasteiger partial charge in [0, 0.05) is 24.0 Å². The summed E-state index contributed by atoms with van der Waals surface area (Å²) in [5, 5.41) is 20.6. The van der Waals surface area contributed by atoms with Crippen LogP contribution in [0.5, 0.6) is 0 Å². The fourth-order valence-corrected chi connectivity index (χ4v) is 1.57. The number of pyridine rings is 1. The summed E-state index contributed by atoms with van der Waals surface area (Å²) in [6.45, 7) is 0. The molecule has 0 saturated heterocycles. The lowest BCUT2D eigenvalue weighted by Crippen LogP contribution is -2.02. The normalized spacial score (nSPS) is 12.1. The van der Waals surface area contributed by atoms with E-state index in [4.69, 9.17) is 0 Å². The topological polar surface area (TPSA) is 76.3 Å². The predicted octanol–water partition coefficient (Wildman–Crippen LogP) is 2.21. The Hall–Kier alpha value is -2.34. The van der Waals surface area contributed by atoms with Gasteiger partial charge in [-0.15, -0.1) is 0 Å². The molecule has 92 valence electrons. The first-order chi connectivity index (χ1) is 8.59. The number of nitro groups is 1. The third-order valence-electron chi connectivity index (χ3n) is 2.48. The molecule has 5 nitrogen and oxygen atoms in total. The molecule has 0 aliphatic carbocycles. The third-order valence-corrected chi connectivity index (χ3v) is 2.48. The summed E-state index contributed by atoms with van der Waals surface area (Å²) in [5.74, 6) is -0.929. The molecule has 1 heterocycles. The number of benzene rings is 1. The molecule has 0 aliphatic rings. The van der Waals surface area contributed by atoms with E-state index >= 15 is 0 Å². The van der Waals surface area contributed by atoms with E-state index in [0.717, 1.165) is 12.1 Å². The van der Waals surface area contributed by atoms with Gasteiger partial charge < -0.3 is 5.11 Å². The van der Waals surface area contributed by atoms with Crippen molar-refractivity contribution < 1.29 is 14.4 Å². The second-order valence-corrected chi connectivity index (χ2v) is 3.66. The maximum Gasteiger partial charge on any atom is 0.305 e. The van der Waals surface area contributed by atoms with Gasteiger partial charge in [-0.05, 0) is 17.7 Å². The molecule has 6 heteroatoms. The summed E-state index contributed by atoms with van der Waals surface area (Å²) in [6, 6.07) is 6.56. The summed E-state index contributed by atoms with van der Waals surface area (Å²) < 4.78 is 13.2. The maximum atomic E-state index is 13.2. The highest BCUT2D eigenvalue weighted by Crippen LogP contribution is 2.26. The Kier molecular flexibility index (Phi) is 3.29. The zero-order chi connectivity index (χ0) is 13.1. The second kappa shape index (κ2) is 4.89. The number of rotatable bonds is 3. The lowest BCUT2D eigenvalue weighted by molar-refractivity contribution is -0.387. The van der Waals surface area contributed by atoms with Gasteiger partial charge in [0.05, 0.1) is 4.92 Å². The average Bonchev–Trinajstić information content (AvgIpc) is 2.39. The molecule has 0 saturated carbocycles. The summed E-state index contributed by atoms with van der Waals surface area (Å²) in [6.07, 6.45) is 1.92. The number of nitrogens with zero attached hydrogens (tertiary/aromatic N) is 2. The number of aromatic nitrogens is 1. The smallest absolute Gasteiger partial charge is 0.305 e. The molecule has 0 bridgehead atoms. The monoisotopic (exact) mass is 248 g/mol. The molecule has 2 aromatic rings. The average molecular weight is 248 g/mol. The first-order valence-corrected chi connectivity index (χ1v) is 5.11. The van der Waals surface area contributed by atoms with Crippen molar-refractivity contribution in [2.45, 2.75) is 6.10 Å². The summed E-state index contributed by atoms with van der Waals surface area (Å²) in [5.41, 5.74) is 0.0740. The van der Waals surface area contributed by atoms with Crippen molar-refractivity contribution >= 4 is 5.69 Å². The number of hydrogen-bond acceptors (Lipinski definition) is 4. The molecular weight excluding hydrogens is 239 g/mol. The Morgan fingerprint density at radius 2 is 2.11 bits per heavy atom. The molecule has 0 aliphatic heterocycles. The Labute approximate surface area is 102 Å². The van der Waals surface area contributed by atoms with Crippen molar-refractivity contribution in [3.63, 3.8) is 0 Å². The van der Waals surface area contributed by atoms with Gasteiger partial charge in [0.25, 0.3) is 0 Å². The SMILES string of the molecule is O=[N+]([O-])c1cc(C(O)c2cccnc2)ccc1F. The quantitative estimate of drug-likeness (QED) is 0.667. The Balaban J connectivity index is 2.40. The second-order valence-electron chi connectivity index (χ2n) is 3.66. The minimum Gasteiger partial charge on any atom is -0.384 e. The number of nitro benzene ring substituents is 1. The van der Waals surface area contributed by atoms with Gasteiger partial charge >= 0.3 is 5.69 Å². The number of aliphatic hydroxyl groups excluding tert-OH is 1. The zero-order valence-electron chi connectivity index (χ0n) is 9.15. The van der Waals surface area contributed by atoms with Crippen molar-refractivity contribution in [3.8, 4) is 0 Å². The van der Waals surface area contributed by atoms with Crippen molar-refractivity contribution in [1.82, 2.24) is 4.98 Å². The van der Waals surface area contributed by atoms with Gasteiger partial charge in [-0.3, -0.25) is 15.1 Å². The zero-order valence-corrected chi connectivity index (χ0v) is 9.15. The fraction of sp³-hybridized carbons (Fsp3) is 0.0833. The van der Waals surface area contributed by atoms with Crippen molar-refractivity contribution in [1.29, 1.82) is 0 Å². The van der Waals surface area contributed by atoms with Crippen LogP contribution in [0.1, 0.15) is 17.2 Å². The molecule has 0 fully saturated rings. The molecule has 18 heavy (non-hydrogen) atoms. The van der Waals surface area contributed by atoms with E-state index in [0.29, 0.717) is 5.56 Å². The highest BCUT2D eigenvalue weighted by atomic mass is 19.1. The molecule has 1 unspecified atom stereocenters. The van der Waals surface area contributed by atoms with E-state index < -0.39 is 22.5 Å². The minimum absolute atomic E-state index is 0.246. The minimum atomic E-state index is -1.07. The largest absolute Gasteiger partial charge is 0.384 e. The Morgan fingerprint density at radius 1 is 1.33 bits per heavy atom. The van der Waals surface area contributed by atoms with E-state index in [1.165, 1.54) is 12.3 Å². The highest BCUT2D eigenvalue weighted by molar-refractivity contribution is 5.39. The van der Waals surface area contributed by atoms with Gasteiger partial charge in [0.15, 0.2) is 0 Å². The van der Waals surface area contributed by atoms with Crippen LogP contribution in [0.4, 0.5) is 10.1 Å². The van der Waals surface area contributed by atoms with Crippen LogP contribution in [0.2, 0.25) is 0 Å². The Bertz CT molecular complexity index is 575. The number of hydrogen-bond donors (Lipinski definition) is 1. The molecule has 1 aromatic heterocycles. The van der Waals surface area contributed by atoms with Crippen LogP contribution in [0.3, 0.4) is 0 Å². The number of aliphatic hydroxyl groups is 1. The van der Waals surface area contributed by atoms with Crippen LogP contribution in [0, 0.1) is 15.9 Å². The molecule has 0 amide bonds. The standard InChI is InChI=1S/C12H9FN2O3/c13-10-4-3-8(6-11(10)15(17)18)12(16)9-2-1-5-14-7-9/h1-7,12,16H. The molecule has 1 N–H and O–H groups in total. The maximum absolute atomic E-state index is 13.2. The Morgan fingerprint density at radius 3 is 2.72 bits per heavy atom. The van der Waals surface area contributed by atoms with Gasteiger partial charge in [0.2, 0.25) is 5.82 Å².